The molecule has 0 bridgehead atoms. The molecule has 138 valence electrons. The molecule has 0 aliphatic carbocycles. The molecule has 7 nitrogen and oxygen atoms in total. The number of fused-ring (bicyclic) bond motifs is 1. The van der Waals surface area contributed by atoms with Gasteiger partial charge in [-0.1, -0.05) is 35.9 Å². The van der Waals surface area contributed by atoms with E-state index in [0.29, 0.717) is 38.7 Å². The minimum Gasteiger partial charge on any atom is -0.338 e. The average Bonchev–Trinajstić information content (AvgIpc) is 3.12. The molecule has 0 atom stereocenters. The van der Waals surface area contributed by atoms with Crippen LogP contribution in [0.1, 0.15) is 10.4 Å². The number of halogens is 1. The van der Waals surface area contributed by atoms with Crippen LogP contribution < -0.4 is 5.32 Å². The summed E-state index contributed by atoms with van der Waals surface area (Å²) in [5.41, 5.74) is 2.92. The number of rotatable bonds is 4. The summed E-state index contributed by atoms with van der Waals surface area (Å²) >= 11 is 6.06. The summed E-state index contributed by atoms with van der Waals surface area (Å²) in [6.45, 7) is 0. The van der Waals surface area contributed by atoms with Crippen LogP contribution in [-0.2, 0) is 0 Å². The molecule has 4 rings (SSSR count). The summed E-state index contributed by atoms with van der Waals surface area (Å²) in [7, 11) is 0. The third-order valence-electron chi connectivity index (χ3n) is 4.19. The largest absolute Gasteiger partial charge is 0.338 e. The van der Waals surface area contributed by atoms with Crippen LogP contribution in [0, 0.1) is 10.1 Å². The van der Waals surface area contributed by atoms with E-state index in [1.54, 1.807) is 54.6 Å². The highest BCUT2D eigenvalue weighted by molar-refractivity contribution is 6.34. The van der Waals surface area contributed by atoms with E-state index >= 15 is 0 Å². The number of hydrogen-bond acceptors (Lipinski definition) is 4. The van der Waals surface area contributed by atoms with Gasteiger partial charge in [0, 0.05) is 23.4 Å². The van der Waals surface area contributed by atoms with Gasteiger partial charge in [0.2, 0.25) is 0 Å². The molecule has 0 aliphatic heterocycles. The van der Waals surface area contributed by atoms with Gasteiger partial charge in [-0.3, -0.25) is 14.9 Å². The molecule has 2 N–H and O–H groups in total. The molecule has 0 spiro atoms. The maximum absolute atomic E-state index is 12.4. The Morgan fingerprint density at radius 2 is 1.89 bits per heavy atom. The van der Waals surface area contributed by atoms with Crippen molar-refractivity contribution < 1.29 is 9.72 Å². The number of amides is 1. The number of carbonyl (C=O) groups excluding carboxylic acids is 1. The fourth-order valence-electron chi connectivity index (χ4n) is 2.83. The van der Waals surface area contributed by atoms with Gasteiger partial charge in [-0.2, -0.15) is 0 Å². The smallest absolute Gasteiger partial charge is 0.270 e. The van der Waals surface area contributed by atoms with Crippen LogP contribution >= 0.6 is 11.6 Å². The van der Waals surface area contributed by atoms with Gasteiger partial charge in [-0.05, 0) is 30.3 Å². The van der Waals surface area contributed by atoms with Crippen LogP contribution in [0.15, 0.2) is 66.7 Å². The van der Waals surface area contributed by atoms with Crippen LogP contribution in [0.4, 0.5) is 11.4 Å². The zero-order chi connectivity index (χ0) is 19.7. The third kappa shape index (κ3) is 3.43. The van der Waals surface area contributed by atoms with E-state index in [0.717, 1.165) is 0 Å². The van der Waals surface area contributed by atoms with Gasteiger partial charge in [0.05, 0.1) is 26.5 Å². The van der Waals surface area contributed by atoms with E-state index in [4.69, 9.17) is 11.6 Å². The van der Waals surface area contributed by atoms with E-state index < -0.39 is 4.92 Å². The van der Waals surface area contributed by atoms with E-state index in [2.05, 4.69) is 15.3 Å². The van der Waals surface area contributed by atoms with Gasteiger partial charge in [0.1, 0.15) is 5.82 Å². The first-order chi connectivity index (χ1) is 13.5. The molecule has 0 fully saturated rings. The Morgan fingerprint density at radius 3 is 2.68 bits per heavy atom. The van der Waals surface area contributed by atoms with E-state index in [9.17, 15) is 14.9 Å². The summed E-state index contributed by atoms with van der Waals surface area (Å²) in [6.07, 6.45) is 0. The average molecular weight is 393 g/mol. The Kier molecular flexibility index (Phi) is 4.50. The maximum Gasteiger partial charge on any atom is 0.270 e. The minimum absolute atomic E-state index is 0.00866. The van der Waals surface area contributed by atoms with Crippen molar-refractivity contribution in [1.82, 2.24) is 9.97 Å². The fourth-order valence-corrected chi connectivity index (χ4v) is 3.06. The van der Waals surface area contributed by atoms with Gasteiger partial charge >= 0.3 is 0 Å². The first kappa shape index (κ1) is 17.7. The molecule has 0 aliphatic rings. The molecule has 3 aromatic carbocycles. The Labute approximate surface area is 164 Å². The maximum atomic E-state index is 12.4. The second kappa shape index (κ2) is 7.13. The highest BCUT2D eigenvalue weighted by atomic mass is 35.5. The van der Waals surface area contributed by atoms with E-state index in [1.807, 2.05) is 0 Å². The lowest BCUT2D eigenvalue weighted by Gasteiger charge is -2.06. The normalized spacial score (nSPS) is 10.8. The van der Waals surface area contributed by atoms with Gasteiger partial charge in [-0.15, -0.1) is 0 Å². The minimum atomic E-state index is -0.450. The molecular formula is C20H13ClN4O3. The second-order valence-electron chi connectivity index (χ2n) is 6.06. The van der Waals surface area contributed by atoms with Gasteiger partial charge in [-0.25, -0.2) is 4.98 Å². The highest BCUT2D eigenvalue weighted by Gasteiger charge is 2.13. The lowest BCUT2D eigenvalue weighted by molar-refractivity contribution is -0.384. The number of aromatic nitrogens is 2. The van der Waals surface area contributed by atoms with Crippen LogP contribution in [0.25, 0.3) is 22.4 Å². The van der Waals surface area contributed by atoms with Gasteiger partial charge < -0.3 is 10.3 Å². The predicted octanol–water partition coefficient (Wildman–Crippen LogP) is 5.04. The monoisotopic (exact) mass is 392 g/mol. The number of nitro groups is 1. The van der Waals surface area contributed by atoms with Crippen molar-refractivity contribution in [2.75, 3.05) is 5.32 Å². The Balaban J connectivity index is 1.64. The Bertz CT molecular complexity index is 1220. The molecule has 4 aromatic rings. The Morgan fingerprint density at radius 1 is 1.07 bits per heavy atom. The molecule has 28 heavy (non-hydrogen) atoms. The van der Waals surface area contributed by atoms with Crippen molar-refractivity contribution in [3.63, 3.8) is 0 Å². The van der Waals surface area contributed by atoms with Crippen LogP contribution in [0.5, 0.6) is 0 Å². The molecule has 0 saturated heterocycles. The van der Waals surface area contributed by atoms with Crippen molar-refractivity contribution in [2.45, 2.75) is 0 Å². The van der Waals surface area contributed by atoms with Crippen LogP contribution in [0.3, 0.4) is 0 Å². The quantitative estimate of drug-likeness (QED) is 0.375. The highest BCUT2D eigenvalue weighted by Crippen LogP contribution is 2.26. The summed E-state index contributed by atoms with van der Waals surface area (Å²) in [6, 6.07) is 18.3. The number of nitrogens with zero attached hydrogens (tertiary/aromatic N) is 2. The lowest BCUT2D eigenvalue weighted by atomic mass is 10.2. The molecule has 0 unspecified atom stereocenters. The van der Waals surface area contributed by atoms with Gasteiger partial charge in [0.25, 0.3) is 11.6 Å². The number of aromatic amines is 1. The summed E-state index contributed by atoms with van der Waals surface area (Å²) in [5.74, 6) is 0.191. The zero-order valence-electron chi connectivity index (χ0n) is 14.3. The van der Waals surface area contributed by atoms with E-state index in [-0.39, 0.29) is 11.6 Å². The number of carbonyl (C=O) groups is 1. The standard InChI is InChI=1S/C20H13ClN4O3/c21-16-7-2-1-6-15(16)20(26)22-13-8-9-17-18(11-13)24-19(23-17)12-4-3-5-14(10-12)25(27)28/h1-11H,(H,22,26)(H,23,24). The zero-order valence-corrected chi connectivity index (χ0v) is 15.1. The molecule has 0 saturated carbocycles. The first-order valence-electron chi connectivity index (χ1n) is 8.32. The summed E-state index contributed by atoms with van der Waals surface area (Å²) < 4.78 is 0. The molecule has 1 aromatic heterocycles. The van der Waals surface area contributed by atoms with E-state index in [1.165, 1.54) is 12.1 Å². The number of non-ortho nitro benzene ring substituents is 1. The second-order valence-corrected chi connectivity index (χ2v) is 6.47. The SMILES string of the molecule is O=C(Nc1ccc2nc(-c3cccc([N+](=O)[O-])c3)[nH]c2c1)c1ccccc1Cl. The van der Waals surface area contributed by atoms with Crippen molar-refractivity contribution in [2.24, 2.45) is 0 Å². The number of imidazole rings is 1. The molecule has 0 radical (unpaired) electrons. The number of H-pyrrole nitrogens is 1. The van der Waals surface area contributed by atoms with Crippen molar-refractivity contribution in [3.8, 4) is 11.4 Å². The first-order valence-corrected chi connectivity index (χ1v) is 8.69. The topological polar surface area (TPSA) is 101 Å². The Hall–Kier alpha value is -3.71. The molecule has 1 amide bonds. The van der Waals surface area contributed by atoms with Crippen molar-refractivity contribution in [1.29, 1.82) is 0 Å². The van der Waals surface area contributed by atoms with Crippen molar-refractivity contribution >= 4 is 39.9 Å². The molecule has 1 heterocycles. The number of benzene rings is 3. The number of nitrogens with one attached hydrogen (secondary N) is 2. The summed E-state index contributed by atoms with van der Waals surface area (Å²) in [4.78, 5) is 30.5. The predicted molar refractivity (Wildman–Crippen MR) is 108 cm³/mol. The third-order valence-corrected chi connectivity index (χ3v) is 4.52. The number of hydrogen-bond donors (Lipinski definition) is 2. The molecular weight excluding hydrogens is 380 g/mol. The number of anilines is 1. The van der Waals surface area contributed by atoms with Gasteiger partial charge in [0.15, 0.2) is 0 Å². The summed E-state index contributed by atoms with van der Waals surface area (Å²) in [5, 5.41) is 14.1. The van der Waals surface area contributed by atoms with Crippen LogP contribution in [-0.4, -0.2) is 20.8 Å². The molecule has 8 heteroatoms. The fraction of sp³-hybridized carbons (Fsp3) is 0. The van der Waals surface area contributed by atoms with Crippen LogP contribution in [0.2, 0.25) is 5.02 Å². The lowest BCUT2D eigenvalue weighted by Crippen LogP contribution is -2.12. The van der Waals surface area contributed by atoms with Crippen molar-refractivity contribution in [3.05, 3.63) is 87.4 Å². The number of nitro benzene ring substituents is 1.